The maximum Gasteiger partial charge on any atom is 0.195 e. The van der Waals surface area contributed by atoms with Gasteiger partial charge in [0.25, 0.3) is 0 Å². The fourth-order valence-electron chi connectivity index (χ4n) is 3.77. The van der Waals surface area contributed by atoms with Gasteiger partial charge in [-0.25, -0.2) is 22.0 Å². The molecule has 3 aromatic carbocycles. The first kappa shape index (κ1) is 24.1. The molecule has 1 saturated heterocycles. The van der Waals surface area contributed by atoms with E-state index in [1.807, 2.05) is 0 Å². The first-order valence-corrected chi connectivity index (χ1v) is 10.7. The maximum absolute atomic E-state index is 14.7. The van der Waals surface area contributed by atoms with Crippen molar-refractivity contribution in [2.75, 3.05) is 26.9 Å². The first-order chi connectivity index (χ1) is 16.4. The summed E-state index contributed by atoms with van der Waals surface area (Å²) in [7, 11) is 1.62. The maximum atomic E-state index is 14.7. The van der Waals surface area contributed by atoms with Crippen molar-refractivity contribution in [1.82, 2.24) is 0 Å². The van der Waals surface area contributed by atoms with Crippen LogP contribution in [0.25, 0.3) is 10.8 Å². The number of methoxy groups -OCH3 is 1. The summed E-state index contributed by atoms with van der Waals surface area (Å²) < 4.78 is 86.5. The van der Waals surface area contributed by atoms with Crippen LogP contribution < -0.4 is 0 Å². The Labute approximate surface area is 193 Å². The minimum atomic E-state index is -1.57. The summed E-state index contributed by atoms with van der Waals surface area (Å²) in [5.41, 5.74) is 0.105. The van der Waals surface area contributed by atoms with E-state index in [0.717, 1.165) is 31.0 Å². The Balaban J connectivity index is 1.50. The highest BCUT2D eigenvalue weighted by molar-refractivity contribution is 5.84. The molecule has 0 saturated carbocycles. The summed E-state index contributed by atoms with van der Waals surface area (Å²) in [4.78, 5) is 0. The molecule has 3 aromatic rings. The van der Waals surface area contributed by atoms with E-state index in [0.29, 0.717) is 18.8 Å². The summed E-state index contributed by atoms with van der Waals surface area (Å²) in [6.07, 6.45) is 0.895. The molecular weight excluding hydrogens is 455 g/mol. The summed E-state index contributed by atoms with van der Waals surface area (Å²) in [5, 5.41) is -0.0451. The number of hydrogen-bond donors (Lipinski definition) is 0. The molecule has 4 rings (SSSR count). The van der Waals surface area contributed by atoms with Gasteiger partial charge in [0.05, 0.1) is 24.9 Å². The van der Waals surface area contributed by atoms with Crippen molar-refractivity contribution in [3.8, 4) is 11.8 Å². The van der Waals surface area contributed by atoms with Gasteiger partial charge in [0.2, 0.25) is 0 Å². The lowest BCUT2D eigenvalue weighted by molar-refractivity contribution is -0.138. The predicted octanol–water partition coefficient (Wildman–Crippen LogP) is 5.82. The zero-order valence-corrected chi connectivity index (χ0v) is 18.3. The number of ether oxygens (including phenoxy) is 3. The number of benzene rings is 3. The molecule has 0 bridgehead atoms. The van der Waals surface area contributed by atoms with Crippen LogP contribution in [0.2, 0.25) is 0 Å². The van der Waals surface area contributed by atoms with Gasteiger partial charge in [-0.15, -0.1) is 0 Å². The van der Waals surface area contributed by atoms with Crippen LogP contribution in [0.3, 0.4) is 0 Å². The topological polar surface area (TPSA) is 27.7 Å². The van der Waals surface area contributed by atoms with Gasteiger partial charge in [-0.2, -0.15) is 0 Å². The van der Waals surface area contributed by atoms with Crippen LogP contribution in [-0.4, -0.2) is 33.0 Å². The van der Waals surface area contributed by atoms with Gasteiger partial charge in [-0.1, -0.05) is 17.9 Å². The molecule has 0 N–H and O–H groups in total. The summed E-state index contributed by atoms with van der Waals surface area (Å²) in [6.45, 7) is 1.10. The van der Waals surface area contributed by atoms with Crippen molar-refractivity contribution in [1.29, 1.82) is 0 Å². The van der Waals surface area contributed by atoms with Crippen molar-refractivity contribution in [3.05, 3.63) is 82.2 Å². The second-order valence-electron chi connectivity index (χ2n) is 7.94. The van der Waals surface area contributed by atoms with Crippen LogP contribution in [0, 0.1) is 40.9 Å². The molecule has 1 aliphatic rings. The Kier molecular flexibility index (Phi) is 7.47. The van der Waals surface area contributed by atoms with E-state index in [1.54, 1.807) is 7.11 Å². The quantitative estimate of drug-likeness (QED) is 0.201. The minimum absolute atomic E-state index is 0.0782. The van der Waals surface area contributed by atoms with E-state index >= 15 is 0 Å². The normalized spacial score (nSPS) is 18.1. The average Bonchev–Trinajstić information content (AvgIpc) is 2.82. The molecule has 0 radical (unpaired) electrons. The molecule has 1 aliphatic heterocycles. The standard InChI is InChI=1S/C26H21F5O3/c1-32-8-2-3-18-13-34-24(14-33-18)17-11-21(27)20(22(28)12-17)7-5-15-4-6-19-16(9-15)10-23(29)26(31)25(19)30/h4,6,9-12,18,24H,2-3,8,13-14H2,1H3/t18-,24-/m1/s1. The lowest BCUT2D eigenvalue weighted by Gasteiger charge is -2.30. The zero-order chi connectivity index (χ0) is 24.2. The van der Waals surface area contributed by atoms with E-state index in [2.05, 4.69) is 11.8 Å². The SMILES string of the molecule is COCCC[C@@H]1CO[C@@H](c2cc(F)c(C#Cc3ccc4c(F)c(F)c(F)cc4c3)c(F)c2)CO1. The second kappa shape index (κ2) is 10.5. The van der Waals surface area contributed by atoms with Crippen molar-refractivity contribution >= 4 is 10.8 Å². The fourth-order valence-corrected chi connectivity index (χ4v) is 3.77. The molecule has 1 fully saturated rings. The third-order valence-corrected chi connectivity index (χ3v) is 5.58. The van der Waals surface area contributed by atoms with Gasteiger partial charge < -0.3 is 14.2 Å². The van der Waals surface area contributed by atoms with Crippen LogP contribution in [0.5, 0.6) is 0 Å². The Hall–Kier alpha value is -2.99. The molecule has 1 heterocycles. The van der Waals surface area contributed by atoms with Gasteiger partial charge in [0.15, 0.2) is 17.5 Å². The minimum Gasteiger partial charge on any atom is -0.385 e. The summed E-state index contributed by atoms with van der Waals surface area (Å²) >= 11 is 0. The van der Waals surface area contributed by atoms with E-state index in [-0.39, 0.29) is 29.0 Å². The van der Waals surface area contributed by atoms with Gasteiger partial charge >= 0.3 is 0 Å². The third-order valence-electron chi connectivity index (χ3n) is 5.58. The molecule has 0 aliphatic carbocycles. The first-order valence-electron chi connectivity index (χ1n) is 10.7. The lowest BCUT2D eigenvalue weighted by Crippen LogP contribution is -2.31. The van der Waals surface area contributed by atoms with Crippen molar-refractivity contribution in [2.45, 2.75) is 25.0 Å². The Morgan fingerprint density at radius 3 is 2.32 bits per heavy atom. The van der Waals surface area contributed by atoms with Crippen molar-refractivity contribution in [3.63, 3.8) is 0 Å². The Bertz CT molecular complexity index is 1230. The smallest absolute Gasteiger partial charge is 0.195 e. The number of fused-ring (bicyclic) bond motifs is 1. The van der Waals surface area contributed by atoms with E-state index < -0.39 is 40.8 Å². The molecule has 0 unspecified atom stereocenters. The molecule has 0 aromatic heterocycles. The van der Waals surface area contributed by atoms with Gasteiger partial charge in [0, 0.05) is 24.7 Å². The number of halogens is 5. The highest BCUT2D eigenvalue weighted by Gasteiger charge is 2.25. The number of rotatable bonds is 5. The monoisotopic (exact) mass is 476 g/mol. The van der Waals surface area contributed by atoms with Gasteiger partial charge in [0.1, 0.15) is 17.7 Å². The summed E-state index contributed by atoms with van der Waals surface area (Å²) in [6, 6.07) is 7.05. The average molecular weight is 476 g/mol. The molecule has 178 valence electrons. The molecule has 2 atom stereocenters. The van der Waals surface area contributed by atoms with Gasteiger partial charge in [-0.3, -0.25) is 0 Å². The zero-order valence-electron chi connectivity index (χ0n) is 18.3. The summed E-state index contributed by atoms with van der Waals surface area (Å²) in [5.74, 6) is -0.937. The molecule has 8 heteroatoms. The van der Waals surface area contributed by atoms with E-state index in [4.69, 9.17) is 14.2 Å². The van der Waals surface area contributed by atoms with Crippen LogP contribution in [0.1, 0.15) is 35.6 Å². The Morgan fingerprint density at radius 2 is 1.65 bits per heavy atom. The molecule has 0 spiro atoms. The highest BCUT2D eigenvalue weighted by atomic mass is 19.2. The predicted molar refractivity (Wildman–Crippen MR) is 116 cm³/mol. The molecular formula is C26H21F5O3. The van der Waals surface area contributed by atoms with Crippen LogP contribution in [0.4, 0.5) is 22.0 Å². The van der Waals surface area contributed by atoms with E-state index in [1.165, 1.54) is 18.2 Å². The van der Waals surface area contributed by atoms with Crippen molar-refractivity contribution < 1.29 is 36.2 Å². The lowest BCUT2D eigenvalue weighted by atomic mass is 10.0. The van der Waals surface area contributed by atoms with Crippen LogP contribution in [-0.2, 0) is 14.2 Å². The Morgan fingerprint density at radius 1 is 0.882 bits per heavy atom. The number of hydrogen-bond acceptors (Lipinski definition) is 3. The van der Waals surface area contributed by atoms with Crippen LogP contribution >= 0.6 is 0 Å². The third kappa shape index (κ3) is 5.22. The largest absolute Gasteiger partial charge is 0.385 e. The molecule has 0 amide bonds. The van der Waals surface area contributed by atoms with Crippen molar-refractivity contribution in [2.24, 2.45) is 0 Å². The van der Waals surface area contributed by atoms with Gasteiger partial charge in [-0.05, 0) is 54.1 Å². The van der Waals surface area contributed by atoms with Crippen LogP contribution in [0.15, 0.2) is 36.4 Å². The second-order valence-corrected chi connectivity index (χ2v) is 7.94. The molecule has 3 nitrogen and oxygen atoms in total. The fraction of sp³-hybridized carbons (Fsp3) is 0.308. The van der Waals surface area contributed by atoms with E-state index in [9.17, 15) is 22.0 Å². The highest BCUT2D eigenvalue weighted by Crippen LogP contribution is 2.28. The molecule has 34 heavy (non-hydrogen) atoms.